The lowest BCUT2D eigenvalue weighted by atomic mass is 10.1. The van der Waals surface area contributed by atoms with Crippen molar-refractivity contribution in [2.75, 3.05) is 5.32 Å². The van der Waals surface area contributed by atoms with Crippen LogP contribution < -0.4 is 15.2 Å². The first-order valence-electron chi connectivity index (χ1n) is 10.0. The number of benzene rings is 1. The molecular weight excluding hydrogens is 528 g/mol. The minimum atomic E-state index is -4.32. The van der Waals surface area contributed by atoms with Gasteiger partial charge >= 0.3 is 15.7 Å². The Labute approximate surface area is 204 Å². The summed E-state index contributed by atoms with van der Waals surface area (Å²) in [7, 11) is -4.32. The van der Waals surface area contributed by atoms with Crippen LogP contribution in [0.15, 0.2) is 55.9 Å². The third-order valence-electron chi connectivity index (χ3n) is 4.66. The van der Waals surface area contributed by atoms with Crippen LogP contribution in [0.5, 0.6) is 0 Å². The summed E-state index contributed by atoms with van der Waals surface area (Å²) in [6.07, 6.45) is 3.33. The lowest BCUT2D eigenvalue weighted by Gasteiger charge is -2.16. The van der Waals surface area contributed by atoms with Gasteiger partial charge in [-0.2, -0.15) is 8.42 Å². The fourth-order valence-electron chi connectivity index (χ4n) is 2.78. The number of anilines is 1. The van der Waals surface area contributed by atoms with Gasteiger partial charge < -0.3 is 5.32 Å². The zero-order chi connectivity index (χ0) is 24.3. The van der Waals surface area contributed by atoms with Crippen LogP contribution in [-0.4, -0.2) is 19.1 Å². The molecule has 0 radical (unpaired) electrons. The fraction of sp³-hybridized carbons (Fsp3) is 0.217. The van der Waals surface area contributed by atoms with E-state index in [2.05, 4.69) is 21.2 Å². The maximum atomic E-state index is 13.3. The maximum absolute atomic E-state index is 13.3. The zero-order valence-electron chi connectivity index (χ0n) is 18.5. The number of carbonyl (C=O) groups is 1. The number of nitrogens with zero attached hydrogens (tertiary/aromatic N) is 1. The van der Waals surface area contributed by atoms with E-state index in [4.69, 9.17) is 4.28 Å². The normalized spacial score (nSPS) is 11.8. The van der Waals surface area contributed by atoms with Gasteiger partial charge in [-0.25, -0.2) is 0 Å². The van der Waals surface area contributed by atoms with E-state index >= 15 is 0 Å². The Morgan fingerprint density at radius 1 is 1.12 bits per heavy atom. The van der Waals surface area contributed by atoms with E-state index in [9.17, 15) is 18.0 Å². The van der Waals surface area contributed by atoms with Crippen LogP contribution in [0.3, 0.4) is 0 Å². The van der Waals surface area contributed by atoms with Crippen molar-refractivity contribution in [1.82, 2.24) is 4.73 Å². The van der Waals surface area contributed by atoms with Crippen LogP contribution in [0, 0.1) is 19.8 Å². The van der Waals surface area contributed by atoms with Crippen LogP contribution >= 0.6 is 27.3 Å². The quantitative estimate of drug-likeness (QED) is 0.452. The van der Waals surface area contributed by atoms with E-state index in [-0.39, 0.29) is 28.1 Å². The Morgan fingerprint density at radius 3 is 2.36 bits per heavy atom. The number of aryl methyl sites for hydroxylation is 2. The fourth-order valence-corrected chi connectivity index (χ4v) is 5.02. The molecule has 0 aliphatic rings. The number of nitrogens with one attached hydrogen (secondary N) is 1. The van der Waals surface area contributed by atoms with E-state index < -0.39 is 15.7 Å². The van der Waals surface area contributed by atoms with Gasteiger partial charge in [0.1, 0.15) is 10.6 Å². The second-order valence-corrected chi connectivity index (χ2v) is 11.7. The number of pyridine rings is 1. The molecule has 0 aliphatic heterocycles. The Kier molecular flexibility index (Phi) is 7.61. The Morgan fingerprint density at radius 2 is 1.79 bits per heavy atom. The molecule has 0 fully saturated rings. The van der Waals surface area contributed by atoms with Gasteiger partial charge in [-0.05, 0) is 77.8 Å². The largest absolute Gasteiger partial charge is 0.357 e. The van der Waals surface area contributed by atoms with Crippen molar-refractivity contribution in [3.8, 4) is 0 Å². The smallest absolute Gasteiger partial charge is 0.321 e. The molecule has 7 nitrogen and oxygen atoms in total. The highest BCUT2D eigenvalue weighted by Gasteiger charge is 2.22. The third-order valence-corrected chi connectivity index (χ3v) is 7.44. The van der Waals surface area contributed by atoms with Crippen molar-refractivity contribution < 1.29 is 17.5 Å². The molecular formula is C23H23BrN2O5S2. The number of hydrogen-bond donors (Lipinski definition) is 1. The molecule has 10 heteroatoms. The summed E-state index contributed by atoms with van der Waals surface area (Å²) in [4.78, 5) is 26.3. The predicted octanol–water partition coefficient (Wildman–Crippen LogP) is 4.87. The molecule has 2 aromatic heterocycles. The molecule has 1 aromatic carbocycles. The molecule has 174 valence electrons. The molecule has 3 aromatic rings. The van der Waals surface area contributed by atoms with Gasteiger partial charge in [-0.1, -0.05) is 31.5 Å². The minimum absolute atomic E-state index is 0.0381. The standard InChI is InChI=1S/C23H23BrN2O5S2/c1-14(2)22(27)25-21-16(4)13-17(7-8-18-9-12-20(24)32-18)26(23(21)28)31-33(29,30)19-10-5-15(3)6-11-19/h5-14H,1-4H3,(H,25,27). The number of amides is 1. The SMILES string of the molecule is Cc1ccc(S(=O)(=O)On2c(C=Cc3ccc(Br)s3)cc(C)c(NC(=O)C(C)C)c2=O)cc1. The lowest BCUT2D eigenvalue weighted by Crippen LogP contribution is -2.36. The van der Waals surface area contributed by atoms with Gasteiger partial charge in [0, 0.05) is 10.8 Å². The summed E-state index contributed by atoms with van der Waals surface area (Å²) >= 11 is 4.87. The lowest BCUT2D eigenvalue weighted by molar-refractivity contribution is -0.118. The average Bonchev–Trinajstić information content (AvgIpc) is 3.17. The second-order valence-electron chi connectivity index (χ2n) is 7.69. The maximum Gasteiger partial charge on any atom is 0.357 e. The molecule has 0 unspecified atom stereocenters. The summed E-state index contributed by atoms with van der Waals surface area (Å²) in [6, 6.07) is 11.4. The van der Waals surface area contributed by atoms with E-state index in [1.807, 2.05) is 19.1 Å². The number of halogens is 1. The van der Waals surface area contributed by atoms with Gasteiger partial charge in [-0.3, -0.25) is 13.9 Å². The minimum Gasteiger partial charge on any atom is -0.321 e. The molecule has 0 atom stereocenters. The Hall–Kier alpha value is -2.69. The van der Waals surface area contributed by atoms with Crippen LogP contribution in [0.4, 0.5) is 5.69 Å². The molecule has 2 heterocycles. The third kappa shape index (κ3) is 6.01. The van der Waals surface area contributed by atoms with E-state index in [1.165, 1.54) is 23.5 Å². The summed E-state index contributed by atoms with van der Waals surface area (Å²) in [5.41, 5.74) is 0.746. The molecule has 0 saturated heterocycles. The number of hydrogen-bond acceptors (Lipinski definition) is 6. The van der Waals surface area contributed by atoms with Crippen molar-refractivity contribution >= 4 is 61.1 Å². The highest BCUT2D eigenvalue weighted by atomic mass is 79.9. The topological polar surface area (TPSA) is 94.5 Å². The first-order chi connectivity index (χ1) is 15.5. The van der Waals surface area contributed by atoms with Crippen molar-refractivity contribution in [3.63, 3.8) is 0 Å². The molecule has 1 amide bonds. The van der Waals surface area contributed by atoms with E-state index in [0.717, 1.165) is 14.2 Å². The molecule has 0 spiro atoms. The average molecular weight is 551 g/mol. The molecule has 0 bridgehead atoms. The zero-order valence-corrected chi connectivity index (χ0v) is 21.7. The Bertz CT molecular complexity index is 1370. The monoisotopic (exact) mass is 550 g/mol. The van der Waals surface area contributed by atoms with E-state index in [0.29, 0.717) is 10.3 Å². The number of carbonyl (C=O) groups excluding carboxylic acids is 1. The van der Waals surface area contributed by atoms with Crippen LogP contribution in [-0.2, 0) is 14.9 Å². The highest BCUT2D eigenvalue weighted by molar-refractivity contribution is 9.11. The van der Waals surface area contributed by atoms with Crippen molar-refractivity contribution in [1.29, 1.82) is 0 Å². The number of aromatic nitrogens is 1. The summed E-state index contributed by atoms with van der Waals surface area (Å²) in [5.74, 6) is -0.735. The second kappa shape index (κ2) is 10.1. The number of thiophene rings is 1. The first-order valence-corrected chi connectivity index (χ1v) is 13.0. The van der Waals surface area contributed by atoms with Crippen molar-refractivity contribution in [2.45, 2.75) is 32.6 Å². The van der Waals surface area contributed by atoms with E-state index in [1.54, 1.807) is 51.1 Å². The van der Waals surface area contributed by atoms with Gasteiger partial charge in [0.15, 0.2) is 0 Å². The summed E-state index contributed by atoms with van der Waals surface area (Å²) in [5, 5.41) is 2.58. The molecule has 1 N–H and O–H groups in total. The molecule has 0 saturated carbocycles. The Balaban J connectivity index is 2.12. The molecule has 0 aliphatic carbocycles. The van der Waals surface area contributed by atoms with Crippen LogP contribution in [0.2, 0.25) is 0 Å². The summed E-state index contributed by atoms with van der Waals surface area (Å²) in [6.45, 7) is 6.88. The van der Waals surface area contributed by atoms with Gasteiger partial charge in [-0.15, -0.1) is 16.1 Å². The predicted molar refractivity (Wildman–Crippen MR) is 135 cm³/mol. The van der Waals surface area contributed by atoms with Gasteiger partial charge in [0.05, 0.1) is 9.48 Å². The molecule has 3 rings (SSSR count). The first kappa shape index (κ1) is 24.9. The number of rotatable bonds is 7. The van der Waals surface area contributed by atoms with Crippen molar-refractivity contribution in [2.24, 2.45) is 5.92 Å². The van der Waals surface area contributed by atoms with Crippen molar-refractivity contribution in [3.05, 3.63) is 78.3 Å². The summed E-state index contributed by atoms with van der Waals surface area (Å²) < 4.78 is 32.8. The van der Waals surface area contributed by atoms with Gasteiger partial charge in [0.25, 0.3) is 0 Å². The molecule has 33 heavy (non-hydrogen) atoms. The van der Waals surface area contributed by atoms with Crippen LogP contribution in [0.25, 0.3) is 12.2 Å². The van der Waals surface area contributed by atoms with Gasteiger partial charge in [0.2, 0.25) is 5.91 Å². The van der Waals surface area contributed by atoms with Crippen LogP contribution in [0.1, 0.15) is 35.5 Å². The highest BCUT2D eigenvalue weighted by Crippen LogP contribution is 2.24.